The highest BCUT2D eigenvalue weighted by Gasteiger charge is 2.24. The highest BCUT2D eigenvalue weighted by Crippen LogP contribution is 2.37. The largest absolute Gasteiger partial charge is 0.309 e. The summed E-state index contributed by atoms with van der Waals surface area (Å²) in [7, 11) is 0. The van der Waals surface area contributed by atoms with Gasteiger partial charge in [0.1, 0.15) is 5.82 Å². The summed E-state index contributed by atoms with van der Waals surface area (Å²) in [5.74, 6) is 1.57. The molecule has 1 aromatic rings. The van der Waals surface area contributed by atoms with Gasteiger partial charge in [0.05, 0.1) is 0 Å². The second kappa shape index (κ2) is 5.39. The SMILES string of the molecule is CCCNC1CSCc2c(F)ccc(Cl)c21. The van der Waals surface area contributed by atoms with Crippen molar-refractivity contribution in [1.82, 2.24) is 5.32 Å². The molecule has 88 valence electrons. The summed E-state index contributed by atoms with van der Waals surface area (Å²) in [6.07, 6.45) is 1.07. The molecule has 0 spiro atoms. The molecule has 1 atom stereocenters. The fraction of sp³-hybridized carbons (Fsp3) is 0.500. The van der Waals surface area contributed by atoms with Crippen LogP contribution in [0.15, 0.2) is 12.1 Å². The van der Waals surface area contributed by atoms with Crippen molar-refractivity contribution in [2.24, 2.45) is 0 Å². The fourth-order valence-corrected chi connectivity index (χ4v) is 3.42. The molecule has 2 rings (SSSR count). The highest BCUT2D eigenvalue weighted by molar-refractivity contribution is 7.98. The number of rotatable bonds is 3. The molecule has 1 unspecified atom stereocenters. The molecule has 1 N–H and O–H groups in total. The first-order valence-electron chi connectivity index (χ1n) is 5.52. The zero-order valence-electron chi connectivity index (χ0n) is 9.22. The maximum atomic E-state index is 13.6. The summed E-state index contributed by atoms with van der Waals surface area (Å²) in [5.41, 5.74) is 1.74. The normalized spacial score (nSPS) is 19.6. The Morgan fingerprint density at radius 2 is 2.38 bits per heavy atom. The van der Waals surface area contributed by atoms with Gasteiger partial charge in [0.2, 0.25) is 0 Å². The predicted molar refractivity (Wildman–Crippen MR) is 68.6 cm³/mol. The molecule has 1 aliphatic rings. The van der Waals surface area contributed by atoms with Gasteiger partial charge in [-0.05, 0) is 30.7 Å². The summed E-state index contributed by atoms with van der Waals surface area (Å²) in [6.45, 7) is 3.06. The number of fused-ring (bicyclic) bond motifs is 1. The van der Waals surface area contributed by atoms with E-state index in [9.17, 15) is 4.39 Å². The lowest BCUT2D eigenvalue weighted by atomic mass is 10.0. The third kappa shape index (κ3) is 2.36. The van der Waals surface area contributed by atoms with Crippen LogP contribution >= 0.6 is 23.4 Å². The van der Waals surface area contributed by atoms with Crippen LogP contribution < -0.4 is 5.32 Å². The first-order chi connectivity index (χ1) is 7.74. The van der Waals surface area contributed by atoms with Crippen LogP contribution in [0, 0.1) is 5.82 Å². The number of thioether (sulfide) groups is 1. The van der Waals surface area contributed by atoms with Crippen molar-refractivity contribution >= 4 is 23.4 Å². The monoisotopic (exact) mass is 259 g/mol. The third-order valence-electron chi connectivity index (χ3n) is 2.77. The molecule has 0 aromatic heterocycles. The van der Waals surface area contributed by atoms with E-state index < -0.39 is 0 Å². The number of halogens is 2. The molecule has 1 heterocycles. The van der Waals surface area contributed by atoms with E-state index in [2.05, 4.69) is 12.2 Å². The van der Waals surface area contributed by atoms with Crippen molar-refractivity contribution in [2.75, 3.05) is 12.3 Å². The Hall–Kier alpha value is -0.250. The lowest BCUT2D eigenvalue weighted by molar-refractivity contribution is 0.556. The Kier molecular flexibility index (Phi) is 4.11. The van der Waals surface area contributed by atoms with E-state index in [1.165, 1.54) is 6.07 Å². The predicted octanol–water partition coefficient (Wildman–Crippen LogP) is 3.77. The zero-order valence-corrected chi connectivity index (χ0v) is 10.8. The van der Waals surface area contributed by atoms with Crippen LogP contribution in [-0.4, -0.2) is 12.3 Å². The molecular formula is C12H15ClFNS. The van der Waals surface area contributed by atoms with Gasteiger partial charge in [-0.3, -0.25) is 0 Å². The van der Waals surface area contributed by atoms with Crippen LogP contribution in [0.25, 0.3) is 0 Å². The van der Waals surface area contributed by atoms with Gasteiger partial charge in [-0.1, -0.05) is 18.5 Å². The lowest BCUT2D eigenvalue weighted by Gasteiger charge is -2.27. The Morgan fingerprint density at radius 3 is 3.12 bits per heavy atom. The zero-order chi connectivity index (χ0) is 11.5. The summed E-state index contributed by atoms with van der Waals surface area (Å²) in [4.78, 5) is 0. The standard InChI is InChI=1S/C12H15ClFNS/c1-2-5-15-11-7-16-6-8-10(14)4-3-9(13)12(8)11/h3-4,11,15H,2,5-7H2,1H3. The van der Waals surface area contributed by atoms with E-state index in [-0.39, 0.29) is 11.9 Å². The van der Waals surface area contributed by atoms with E-state index in [0.29, 0.717) is 5.02 Å². The van der Waals surface area contributed by atoms with Crippen molar-refractivity contribution in [1.29, 1.82) is 0 Å². The maximum Gasteiger partial charge on any atom is 0.127 e. The minimum atomic E-state index is -0.130. The first kappa shape index (κ1) is 12.2. The Morgan fingerprint density at radius 1 is 1.56 bits per heavy atom. The number of benzene rings is 1. The average molecular weight is 260 g/mol. The van der Waals surface area contributed by atoms with Gasteiger partial charge in [0.25, 0.3) is 0 Å². The minimum absolute atomic E-state index is 0.130. The molecule has 0 fully saturated rings. The van der Waals surface area contributed by atoms with Crippen LogP contribution in [0.1, 0.15) is 30.5 Å². The topological polar surface area (TPSA) is 12.0 Å². The highest BCUT2D eigenvalue weighted by atomic mass is 35.5. The van der Waals surface area contributed by atoms with Crippen molar-refractivity contribution in [3.05, 3.63) is 34.1 Å². The number of hydrogen-bond donors (Lipinski definition) is 1. The maximum absolute atomic E-state index is 13.6. The van der Waals surface area contributed by atoms with Crippen molar-refractivity contribution in [3.63, 3.8) is 0 Å². The smallest absolute Gasteiger partial charge is 0.127 e. The Bertz CT molecular complexity index is 384. The molecule has 0 radical (unpaired) electrons. The molecule has 0 aliphatic carbocycles. The summed E-state index contributed by atoms with van der Waals surface area (Å²) >= 11 is 7.93. The van der Waals surface area contributed by atoms with E-state index in [1.807, 2.05) is 0 Å². The fourth-order valence-electron chi connectivity index (χ4n) is 1.97. The van der Waals surface area contributed by atoms with E-state index in [0.717, 1.165) is 35.6 Å². The summed E-state index contributed by atoms with van der Waals surface area (Å²) < 4.78 is 13.6. The van der Waals surface area contributed by atoms with Gasteiger partial charge in [-0.2, -0.15) is 11.8 Å². The second-order valence-corrected chi connectivity index (χ2v) is 5.38. The van der Waals surface area contributed by atoms with Crippen LogP contribution in [0.3, 0.4) is 0 Å². The van der Waals surface area contributed by atoms with E-state index in [1.54, 1.807) is 17.8 Å². The number of hydrogen-bond acceptors (Lipinski definition) is 2. The molecule has 1 aliphatic heterocycles. The molecule has 16 heavy (non-hydrogen) atoms. The van der Waals surface area contributed by atoms with Crippen LogP contribution in [0.5, 0.6) is 0 Å². The average Bonchev–Trinajstić information content (AvgIpc) is 2.31. The van der Waals surface area contributed by atoms with Crippen LogP contribution in [0.2, 0.25) is 5.02 Å². The quantitative estimate of drug-likeness (QED) is 0.887. The molecule has 0 saturated heterocycles. The summed E-state index contributed by atoms with van der Waals surface area (Å²) in [6, 6.07) is 3.31. The lowest BCUT2D eigenvalue weighted by Crippen LogP contribution is -2.28. The van der Waals surface area contributed by atoms with Gasteiger partial charge in [0.15, 0.2) is 0 Å². The van der Waals surface area contributed by atoms with Crippen molar-refractivity contribution in [3.8, 4) is 0 Å². The van der Waals surface area contributed by atoms with Crippen molar-refractivity contribution < 1.29 is 4.39 Å². The Labute approximate surface area is 105 Å². The number of nitrogens with one attached hydrogen (secondary N) is 1. The minimum Gasteiger partial charge on any atom is -0.309 e. The molecule has 0 amide bonds. The van der Waals surface area contributed by atoms with E-state index >= 15 is 0 Å². The molecule has 1 aromatic carbocycles. The van der Waals surface area contributed by atoms with Crippen LogP contribution in [0.4, 0.5) is 4.39 Å². The van der Waals surface area contributed by atoms with Crippen LogP contribution in [-0.2, 0) is 5.75 Å². The van der Waals surface area contributed by atoms with E-state index in [4.69, 9.17) is 11.6 Å². The van der Waals surface area contributed by atoms with Gasteiger partial charge >= 0.3 is 0 Å². The Balaban J connectivity index is 2.33. The summed E-state index contributed by atoms with van der Waals surface area (Å²) in [5, 5.41) is 4.11. The van der Waals surface area contributed by atoms with Gasteiger partial charge in [0, 0.05) is 28.1 Å². The molecule has 0 saturated carbocycles. The van der Waals surface area contributed by atoms with Gasteiger partial charge < -0.3 is 5.32 Å². The molecule has 4 heteroatoms. The molecule has 0 bridgehead atoms. The second-order valence-electron chi connectivity index (χ2n) is 3.94. The molecular weight excluding hydrogens is 245 g/mol. The first-order valence-corrected chi connectivity index (χ1v) is 7.05. The van der Waals surface area contributed by atoms with Gasteiger partial charge in [-0.15, -0.1) is 0 Å². The van der Waals surface area contributed by atoms with Crippen molar-refractivity contribution in [2.45, 2.75) is 25.1 Å². The molecule has 1 nitrogen and oxygen atoms in total. The van der Waals surface area contributed by atoms with Gasteiger partial charge in [-0.25, -0.2) is 4.39 Å². The third-order valence-corrected chi connectivity index (χ3v) is 4.16.